The number of hydrogen-bond donors (Lipinski definition) is 0. The lowest BCUT2D eigenvalue weighted by molar-refractivity contribution is 0.0952. The van der Waals surface area contributed by atoms with Gasteiger partial charge in [-0.15, -0.1) is 10.2 Å². The molecule has 0 spiro atoms. The molecule has 0 aliphatic carbocycles. The molecule has 10 heteroatoms. The quantitative estimate of drug-likeness (QED) is 0.540. The zero-order valence-electron chi connectivity index (χ0n) is 15.5. The van der Waals surface area contributed by atoms with Gasteiger partial charge in [-0.3, -0.25) is 4.57 Å². The van der Waals surface area contributed by atoms with Gasteiger partial charge in [0.05, 0.1) is 24.0 Å². The first-order valence-corrected chi connectivity index (χ1v) is 11.6. The van der Waals surface area contributed by atoms with Crippen molar-refractivity contribution in [2.75, 3.05) is 24.6 Å². The molecule has 2 fully saturated rings. The van der Waals surface area contributed by atoms with E-state index in [1.807, 2.05) is 16.8 Å². The van der Waals surface area contributed by atoms with E-state index in [0.717, 1.165) is 55.8 Å². The molecule has 0 saturated carbocycles. The molecule has 0 aromatic carbocycles. The number of rotatable bonds is 7. The highest BCUT2D eigenvalue weighted by Crippen LogP contribution is 2.29. The van der Waals surface area contributed by atoms with Crippen LogP contribution in [0.4, 0.5) is 5.95 Å². The van der Waals surface area contributed by atoms with Gasteiger partial charge in [0.25, 0.3) is 5.89 Å². The molecular formula is C18H22N6O2S2. The van der Waals surface area contributed by atoms with Gasteiger partial charge in [-0.1, -0.05) is 16.9 Å². The summed E-state index contributed by atoms with van der Waals surface area (Å²) in [5.74, 6) is 2.79. The van der Waals surface area contributed by atoms with Gasteiger partial charge in [-0.25, -0.2) is 0 Å². The summed E-state index contributed by atoms with van der Waals surface area (Å²) in [5.41, 5.74) is 0.964. The average molecular weight is 419 g/mol. The number of nitrogens with zero attached hydrogens (tertiary/aromatic N) is 6. The maximum atomic E-state index is 5.86. The maximum absolute atomic E-state index is 5.86. The molecular weight excluding hydrogens is 396 g/mol. The van der Waals surface area contributed by atoms with E-state index in [-0.39, 0.29) is 6.10 Å². The van der Waals surface area contributed by atoms with E-state index in [9.17, 15) is 0 Å². The van der Waals surface area contributed by atoms with E-state index in [0.29, 0.717) is 17.5 Å². The Kier molecular flexibility index (Phi) is 5.32. The minimum atomic E-state index is 0.243. The lowest BCUT2D eigenvalue weighted by Gasteiger charge is -2.20. The molecule has 5 heterocycles. The second-order valence-corrected chi connectivity index (χ2v) is 8.76. The normalized spacial score (nSPS) is 19.7. The molecule has 1 unspecified atom stereocenters. The van der Waals surface area contributed by atoms with Crippen molar-refractivity contribution in [2.24, 2.45) is 0 Å². The molecule has 8 nitrogen and oxygen atoms in total. The Morgan fingerprint density at radius 2 is 2.14 bits per heavy atom. The molecule has 1 atom stereocenters. The van der Waals surface area contributed by atoms with Crippen LogP contribution >= 0.6 is 23.1 Å². The van der Waals surface area contributed by atoms with Crippen LogP contribution < -0.4 is 4.90 Å². The van der Waals surface area contributed by atoms with Crippen LogP contribution in [0.1, 0.15) is 31.5 Å². The van der Waals surface area contributed by atoms with Crippen molar-refractivity contribution in [1.29, 1.82) is 0 Å². The van der Waals surface area contributed by atoms with Gasteiger partial charge in [-0.05, 0) is 37.1 Å². The van der Waals surface area contributed by atoms with Crippen LogP contribution in [0.3, 0.4) is 0 Å². The first-order valence-electron chi connectivity index (χ1n) is 9.64. The molecule has 28 heavy (non-hydrogen) atoms. The van der Waals surface area contributed by atoms with Gasteiger partial charge in [-0.2, -0.15) is 16.3 Å². The molecule has 0 amide bonds. The van der Waals surface area contributed by atoms with Crippen molar-refractivity contribution in [3.8, 4) is 11.5 Å². The summed E-state index contributed by atoms with van der Waals surface area (Å²) in [6.07, 6.45) is 4.89. The first kappa shape index (κ1) is 18.1. The third-order valence-corrected chi connectivity index (χ3v) is 6.71. The summed E-state index contributed by atoms with van der Waals surface area (Å²) in [4.78, 5) is 6.83. The van der Waals surface area contributed by atoms with E-state index in [2.05, 4.69) is 29.8 Å². The summed E-state index contributed by atoms with van der Waals surface area (Å²) in [6, 6.07) is 1.98. The molecule has 3 aromatic heterocycles. The second-order valence-electron chi connectivity index (χ2n) is 7.04. The highest BCUT2D eigenvalue weighted by atomic mass is 32.2. The molecule has 0 N–H and O–H groups in total. The van der Waals surface area contributed by atoms with Gasteiger partial charge < -0.3 is 14.2 Å². The van der Waals surface area contributed by atoms with Crippen molar-refractivity contribution in [1.82, 2.24) is 24.9 Å². The minimum Gasteiger partial charge on any atom is -0.376 e. The van der Waals surface area contributed by atoms with Gasteiger partial charge in [0, 0.05) is 25.1 Å². The third-order valence-electron chi connectivity index (χ3n) is 5.06. The Morgan fingerprint density at radius 1 is 1.21 bits per heavy atom. The van der Waals surface area contributed by atoms with E-state index >= 15 is 0 Å². The Hall–Kier alpha value is -1.91. The van der Waals surface area contributed by atoms with E-state index in [1.165, 1.54) is 12.8 Å². The molecule has 0 radical (unpaired) electrons. The fraction of sp³-hybridized carbons (Fsp3) is 0.556. The van der Waals surface area contributed by atoms with Crippen LogP contribution in [0.25, 0.3) is 11.5 Å². The molecule has 2 saturated heterocycles. The summed E-state index contributed by atoms with van der Waals surface area (Å²) in [5, 5.41) is 18.0. The summed E-state index contributed by atoms with van der Waals surface area (Å²) in [6.45, 7) is 3.74. The smallest absolute Gasteiger partial charge is 0.258 e. The van der Waals surface area contributed by atoms with Gasteiger partial charge in [0.2, 0.25) is 5.95 Å². The SMILES string of the molecule is c1cc(-c2nc(CSc3nnc(N4CCCC4)n3CC3CCCO3)no2)cs1. The number of hydrogen-bond acceptors (Lipinski definition) is 9. The largest absolute Gasteiger partial charge is 0.376 e. The van der Waals surface area contributed by atoms with Gasteiger partial charge in [0.1, 0.15) is 0 Å². The molecule has 3 aromatic rings. The number of ether oxygens (including phenoxy) is 1. The van der Waals surface area contributed by atoms with Crippen LogP contribution in [0.15, 0.2) is 26.5 Å². The van der Waals surface area contributed by atoms with Crippen LogP contribution in [-0.2, 0) is 17.0 Å². The van der Waals surface area contributed by atoms with Crippen molar-refractivity contribution in [3.05, 3.63) is 22.7 Å². The predicted molar refractivity (Wildman–Crippen MR) is 108 cm³/mol. The van der Waals surface area contributed by atoms with Crippen molar-refractivity contribution in [3.63, 3.8) is 0 Å². The van der Waals surface area contributed by atoms with Crippen molar-refractivity contribution in [2.45, 2.75) is 49.2 Å². The number of thioether (sulfide) groups is 1. The Bertz CT molecular complexity index is 897. The summed E-state index contributed by atoms with van der Waals surface area (Å²) in [7, 11) is 0. The van der Waals surface area contributed by atoms with Gasteiger partial charge in [0.15, 0.2) is 11.0 Å². The van der Waals surface area contributed by atoms with Crippen LogP contribution in [0.2, 0.25) is 0 Å². The lowest BCUT2D eigenvalue weighted by atomic mass is 10.2. The second kappa shape index (κ2) is 8.22. The Balaban J connectivity index is 1.32. The van der Waals surface area contributed by atoms with Crippen LogP contribution in [0.5, 0.6) is 0 Å². The first-order chi connectivity index (χ1) is 13.9. The standard InChI is InChI=1S/C18H22N6O2S2/c1-2-7-23(6-1)17-20-21-18(24(17)10-14-4-3-8-25-14)28-12-15-19-16(26-22-15)13-5-9-27-11-13/h5,9,11,14H,1-4,6-8,10,12H2. The van der Waals surface area contributed by atoms with E-state index in [4.69, 9.17) is 9.26 Å². The Morgan fingerprint density at radius 3 is 2.93 bits per heavy atom. The molecule has 2 aliphatic heterocycles. The fourth-order valence-electron chi connectivity index (χ4n) is 3.64. The number of anilines is 1. The Labute approximate surface area is 171 Å². The lowest BCUT2D eigenvalue weighted by Crippen LogP contribution is -2.25. The van der Waals surface area contributed by atoms with Crippen LogP contribution in [0, 0.1) is 0 Å². The molecule has 0 bridgehead atoms. The average Bonchev–Trinajstić information content (AvgIpc) is 3.53. The number of thiophene rings is 1. The van der Waals surface area contributed by atoms with Crippen molar-refractivity contribution >= 4 is 29.0 Å². The molecule has 148 valence electrons. The summed E-state index contributed by atoms with van der Waals surface area (Å²) >= 11 is 3.21. The molecule has 5 rings (SSSR count). The predicted octanol–water partition coefficient (Wildman–Crippen LogP) is 3.46. The fourth-order valence-corrected chi connectivity index (χ4v) is 5.05. The number of aromatic nitrogens is 5. The monoisotopic (exact) mass is 418 g/mol. The van der Waals surface area contributed by atoms with Crippen LogP contribution in [-0.4, -0.2) is 50.7 Å². The van der Waals surface area contributed by atoms with Crippen molar-refractivity contribution < 1.29 is 9.26 Å². The third kappa shape index (κ3) is 3.81. The molecule has 2 aliphatic rings. The van der Waals surface area contributed by atoms with E-state index < -0.39 is 0 Å². The zero-order valence-corrected chi connectivity index (χ0v) is 17.1. The van der Waals surface area contributed by atoms with E-state index in [1.54, 1.807) is 23.1 Å². The summed E-state index contributed by atoms with van der Waals surface area (Å²) < 4.78 is 13.5. The maximum Gasteiger partial charge on any atom is 0.258 e. The van der Waals surface area contributed by atoms with Gasteiger partial charge >= 0.3 is 0 Å². The topological polar surface area (TPSA) is 82.1 Å². The highest BCUT2D eigenvalue weighted by molar-refractivity contribution is 7.98. The highest BCUT2D eigenvalue weighted by Gasteiger charge is 2.25. The minimum absolute atomic E-state index is 0.243. The zero-order chi connectivity index (χ0) is 18.8.